The molecule has 4 nitrogen and oxygen atoms in total. The van der Waals surface area contributed by atoms with Crippen molar-refractivity contribution in [2.24, 2.45) is 0 Å². The van der Waals surface area contributed by atoms with Crippen LogP contribution in [0.15, 0.2) is 23.0 Å². The molecule has 1 aliphatic rings. The van der Waals surface area contributed by atoms with Crippen LogP contribution >= 0.6 is 22.6 Å². The minimum Gasteiger partial charge on any atom is -0.369 e. The van der Waals surface area contributed by atoms with Gasteiger partial charge in [0, 0.05) is 22.0 Å². The maximum Gasteiger partial charge on any atom is 0.349 e. The summed E-state index contributed by atoms with van der Waals surface area (Å²) in [6.45, 7) is 1.52. The van der Waals surface area contributed by atoms with Crippen LogP contribution in [-0.2, 0) is 6.54 Å². The largest absolute Gasteiger partial charge is 0.369 e. The van der Waals surface area contributed by atoms with Gasteiger partial charge < -0.3 is 5.32 Å². The molecule has 0 aliphatic carbocycles. The molecule has 0 bridgehead atoms. The second-order valence-corrected chi connectivity index (χ2v) is 4.73. The van der Waals surface area contributed by atoms with E-state index in [0.29, 0.717) is 6.54 Å². The molecule has 0 amide bonds. The van der Waals surface area contributed by atoms with Gasteiger partial charge in [-0.3, -0.25) is 4.57 Å². The van der Waals surface area contributed by atoms with E-state index >= 15 is 0 Å². The molecule has 3 rings (SSSR count). The molecule has 0 atom stereocenters. The molecule has 1 aromatic heterocycles. The number of hydrogen-bond acceptors (Lipinski definition) is 3. The number of rotatable bonds is 0. The van der Waals surface area contributed by atoms with Crippen LogP contribution in [0, 0.1) is 3.57 Å². The first-order valence-electron chi connectivity index (χ1n) is 4.70. The summed E-state index contributed by atoms with van der Waals surface area (Å²) in [4.78, 5) is 15.7. The van der Waals surface area contributed by atoms with Crippen molar-refractivity contribution in [1.29, 1.82) is 0 Å². The fourth-order valence-electron chi connectivity index (χ4n) is 1.88. The fraction of sp³-hybridized carbons (Fsp3) is 0.200. The molecule has 15 heavy (non-hydrogen) atoms. The fourth-order valence-corrected chi connectivity index (χ4v) is 2.38. The van der Waals surface area contributed by atoms with Crippen LogP contribution in [0.5, 0.6) is 0 Å². The van der Waals surface area contributed by atoms with Gasteiger partial charge in [-0.15, -0.1) is 0 Å². The number of nitrogens with zero attached hydrogens (tertiary/aromatic N) is 2. The van der Waals surface area contributed by atoms with Crippen molar-refractivity contribution in [3.05, 3.63) is 32.3 Å². The lowest BCUT2D eigenvalue weighted by Gasteiger charge is -2.05. The minimum atomic E-state index is -0.163. The Bertz CT molecular complexity index is 605. The van der Waals surface area contributed by atoms with Crippen LogP contribution in [0.1, 0.15) is 0 Å². The van der Waals surface area contributed by atoms with E-state index in [1.54, 1.807) is 4.57 Å². The number of anilines is 1. The zero-order valence-electron chi connectivity index (χ0n) is 7.83. The second-order valence-electron chi connectivity index (χ2n) is 3.48. The zero-order chi connectivity index (χ0) is 10.4. The molecule has 76 valence electrons. The predicted octanol–water partition coefficient (Wildman–Crippen LogP) is 1.43. The van der Waals surface area contributed by atoms with Crippen LogP contribution in [0.2, 0.25) is 0 Å². The Labute approximate surface area is 99.5 Å². The topological polar surface area (TPSA) is 46.9 Å². The third-order valence-electron chi connectivity index (χ3n) is 2.56. The van der Waals surface area contributed by atoms with E-state index in [9.17, 15) is 4.79 Å². The van der Waals surface area contributed by atoms with Crippen LogP contribution in [-0.4, -0.2) is 16.1 Å². The summed E-state index contributed by atoms with van der Waals surface area (Å²) in [5, 5.41) is 4.26. The Kier molecular flexibility index (Phi) is 1.95. The van der Waals surface area contributed by atoms with Gasteiger partial charge in [-0.05, 0) is 40.8 Å². The Morgan fingerprint density at radius 3 is 3.20 bits per heavy atom. The summed E-state index contributed by atoms with van der Waals surface area (Å²) in [7, 11) is 0. The van der Waals surface area contributed by atoms with Gasteiger partial charge in [-0.1, -0.05) is 0 Å². The second kappa shape index (κ2) is 3.19. The highest BCUT2D eigenvalue weighted by Crippen LogP contribution is 2.24. The zero-order valence-corrected chi connectivity index (χ0v) is 9.98. The first-order chi connectivity index (χ1) is 7.25. The lowest BCUT2D eigenvalue weighted by atomic mass is 10.2. The van der Waals surface area contributed by atoms with E-state index in [1.165, 1.54) is 0 Å². The Morgan fingerprint density at radius 2 is 2.33 bits per heavy atom. The molecular weight excluding hydrogens is 305 g/mol. The summed E-state index contributed by atoms with van der Waals surface area (Å²) in [5.41, 5.74) is 0.602. The number of fused-ring (bicyclic) bond motifs is 3. The smallest absolute Gasteiger partial charge is 0.349 e. The van der Waals surface area contributed by atoms with Crippen molar-refractivity contribution in [3.63, 3.8) is 0 Å². The van der Waals surface area contributed by atoms with Crippen molar-refractivity contribution in [3.8, 4) is 0 Å². The standard InChI is InChI=1S/C10H8IN3O/c11-6-1-2-8-7(5-6)9-12-3-4-14(9)10(15)13-8/h1-2,5,12H,3-4H2. The van der Waals surface area contributed by atoms with Gasteiger partial charge in [0.1, 0.15) is 5.82 Å². The van der Waals surface area contributed by atoms with Gasteiger partial charge in [0.15, 0.2) is 0 Å². The van der Waals surface area contributed by atoms with Crippen LogP contribution in [0.3, 0.4) is 0 Å². The third kappa shape index (κ3) is 1.33. The highest BCUT2D eigenvalue weighted by molar-refractivity contribution is 14.1. The molecule has 0 spiro atoms. The van der Waals surface area contributed by atoms with Gasteiger partial charge >= 0.3 is 5.69 Å². The highest BCUT2D eigenvalue weighted by atomic mass is 127. The lowest BCUT2D eigenvalue weighted by molar-refractivity contribution is 0.750. The van der Waals surface area contributed by atoms with Crippen molar-refractivity contribution in [2.45, 2.75) is 6.54 Å². The molecule has 0 radical (unpaired) electrons. The Morgan fingerprint density at radius 1 is 1.47 bits per heavy atom. The normalized spacial score (nSPS) is 13.9. The van der Waals surface area contributed by atoms with E-state index in [2.05, 4.69) is 32.9 Å². The third-order valence-corrected chi connectivity index (χ3v) is 3.23. The maximum atomic E-state index is 11.6. The van der Waals surface area contributed by atoms with Crippen LogP contribution in [0.4, 0.5) is 5.82 Å². The summed E-state index contributed by atoms with van der Waals surface area (Å²) in [6.07, 6.45) is 0. The number of halogens is 1. The Balaban J connectivity index is 2.49. The Hall–Kier alpha value is -1.11. The molecule has 5 heteroatoms. The van der Waals surface area contributed by atoms with E-state index in [-0.39, 0.29) is 5.69 Å². The number of benzene rings is 1. The van der Waals surface area contributed by atoms with Gasteiger partial charge in [0.05, 0.1) is 5.52 Å². The van der Waals surface area contributed by atoms with E-state index in [1.807, 2.05) is 18.2 Å². The van der Waals surface area contributed by atoms with E-state index < -0.39 is 0 Å². The molecule has 1 aromatic carbocycles. The summed E-state index contributed by atoms with van der Waals surface area (Å²) in [6, 6.07) is 5.90. The highest BCUT2D eigenvalue weighted by Gasteiger charge is 2.15. The number of nitrogens with one attached hydrogen (secondary N) is 1. The van der Waals surface area contributed by atoms with E-state index in [0.717, 1.165) is 26.8 Å². The van der Waals surface area contributed by atoms with Crippen molar-refractivity contribution < 1.29 is 0 Å². The summed E-state index contributed by atoms with van der Waals surface area (Å²) < 4.78 is 2.84. The summed E-state index contributed by atoms with van der Waals surface area (Å²) in [5.74, 6) is 0.906. The molecule has 0 fully saturated rings. The molecule has 2 aromatic rings. The molecule has 0 saturated carbocycles. The average Bonchev–Trinajstić information content (AvgIpc) is 2.69. The number of hydrogen-bond donors (Lipinski definition) is 1. The molecule has 1 aliphatic heterocycles. The van der Waals surface area contributed by atoms with Crippen molar-refractivity contribution in [2.75, 3.05) is 11.9 Å². The minimum absolute atomic E-state index is 0.163. The van der Waals surface area contributed by atoms with Gasteiger partial charge in [0.2, 0.25) is 0 Å². The van der Waals surface area contributed by atoms with Crippen LogP contribution in [0.25, 0.3) is 10.9 Å². The first kappa shape index (κ1) is 9.14. The van der Waals surface area contributed by atoms with Gasteiger partial charge in [-0.2, -0.15) is 4.98 Å². The predicted molar refractivity (Wildman–Crippen MR) is 67.2 cm³/mol. The van der Waals surface area contributed by atoms with Crippen LogP contribution < -0.4 is 11.0 Å². The monoisotopic (exact) mass is 313 g/mol. The lowest BCUT2D eigenvalue weighted by Crippen LogP contribution is -2.20. The van der Waals surface area contributed by atoms with Gasteiger partial charge in [0.25, 0.3) is 0 Å². The van der Waals surface area contributed by atoms with Gasteiger partial charge in [-0.25, -0.2) is 4.79 Å². The van der Waals surface area contributed by atoms with Crippen molar-refractivity contribution >= 4 is 39.3 Å². The molecule has 1 N–H and O–H groups in total. The first-order valence-corrected chi connectivity index (χ1v) is 5.77. The molecular formula is C10H8IN3O. The average molecular weight is 313 g/mol. The quantitative estimate of drug-likeness (QED) is 0.749. The molecule has 2 heterocycles. The number of aromatic nitrogens is 2. The molecule has 0 saturated heterocycles. The molecule has 0 unspecified atom stereocenters. The summed E-state index contributed by atoms with van der Waals surface area (Å²) >= 11 is 2.26. The van der Waals surface area contributed by atoms with E-state index in [4.69, 9.17) is 0 Å². The SMILES string of the molecule is O=c1nc2ccc(I)cc2c2n1CCN2. The van der Waals surface area contributed by atoms with Crippen molar-refractivity contribution in [1.82, 2.24) is 9.55 Å². The maximum absolute atomic E-state index is 11.6.